The van der Waals surface area contributed by atoms with E-state index in [0.29, 0.717) is 41.5 Å². The second kappa shape index (κ2) is 9.62. The number of benzene rings is 2. The molecule has 1 atom stereocenters. The van der Waals surface area contributed by atoms with Gasteiger partial charge in [0.05, 0.1) is 23.9 Å². The van der Waals surface area contributed by atoms with E-state index in [2.05, 4.69) is 15.7 Å². The van der Waals surface area contributed by atoms with Crippen LogP contribution in [0.2, 0.25) is 0 Å². The molecule has 4 rings (SSSR count). The Balaban J connectivity index is 1.78. The van der Waals surface area contributed by atoms with Crippen LogP contribution in [0.15, 0.2) is 47.6 Å². The lowest BCUT2D eigenvalue weighted by Crippen LogP contribution is -2.32. The highest BCUT2D eigenvalue weighted by Crippen LogP contribution is 2.30. The van der Waals surface area contributed by atoms with Gasteiger partial charge >= 0.3 is 0 Å². The topological polar surface area (TPSA) is 81.9 Å². The van der Waals surface area contributed by atoms with Crippen molar-refractivity contribution in [2.45, 2.75) is 44.1 Å². The Labute approximate surface area is 189 Å². The number of aryl methyl sites for hydroxylation is 1. The first-order valence-electron chi connectivity index (χ1n) is 10.5. The van der Waals surface area contributed by atoms with E-state index < -0.39 is 5.25 Å². The minimum Gasteiger partial charge on any atom is -0.319 e. The molecule has 166 valence electrons. The molecule has 0 aliphatic carbocycles. The van der Waals surface area contributed by atoms with Crippen molar-refractivity contribution in [1.82, 2.24) is 25.2 Å². The van der Waals surface area contributed by atoms with Crippen LogP contribution in [0.5, 0.6) is 0 Å². The summed E-state index contributed by atoms with van der Waals surface area (Å²) in [5.74, 6) is -0.518. The second-order valence-corrected chi connectivity index (χ2v) is 8.55. The summed E-state index contributed by atoms with van der Waals surface area (Å²) in [6.45, 7) is 6.40. The molecule has 9 heteroatoms. The van der Waals surface area contributed by atoms with Gasteiger partial charge in [-0.2, -0.15) is 0 Å². The molecule has 7 nitrogen and oxygen atoms in total. The Kier molecular flexibility index (Phi) is 6.66. The standard InChI is InChI=1S/C23H24FN5O2S/c1-4-19(22(30)28-31-5-2)32-23-25-21-20(26-27-23)16-12-14(3)10-11-18(16)29(21)13-15-8-6-7-9-17(15)24/h6-12,19H,4-5,13H2,1-3H3,(H,28,30). The van der Waals surface area contributed by atoms with Crippen LogP contribution in [0.25, 0.3) is 22.1 Å². The van der Waals surface area contributed by atoms with Crippen LogP contribution in [-0.2, 0) is 16.2 Å². The molecule has 0 spiro atoms. The molecule has 0 bridgehead atoms. The van der Waals surface area contributed by atoms with Crippen molar-refractivity contribution in [3.63, 3.8) is 0 Å². The van der Waals surface area contributed by atoms with Gasteiger partial charge in [0.2, 0.25) is 5.16 Å². The highest BCUT2D eigenvalue weighted by molar-refractivity contribution is 8.00. The first kappa shape index (κ1) is 22.2. The van der Waals surface area contributed by atoms with E-state index in [9.17, 15) is 9.18 Å². The van der Waals surface area contributed by atoms with Gasteiger partial charge < -0.3 is 4.57 Å². The SMILES string of the molecule is CCONC(=O)C(CC)Sc1nnc2c3cc(C)ccc3n(Cc3ccccc3F)c2n1. The molecule has 1 unspecified atom stereocenters. The summed E-state index contributed by atoms with van der Waals surface area (Å²) in [7, 11) is 0. The number of nitrogens with zero attached hydrogens (tertiary/aromatic N) is 4. The van der Waals surface area contributed by atoms with Crippen LogP contribution in [0.4, 0.5) is 4.39 Å². The van der Waals surface area contributed by atoms with Gasteiger partial charge in [0.15, 0.2) is 5.65 Å². The number of thioether (sulfide) groups is 1. The van der Waals surface area contributed by atoms with Gasteiger partial charge in [0.1, 0.15) is 11.3 Å². The molecule has 0 aliphatic heterocycles. The summed E-state index contributed by atoms with van der Waals surface area (Å²) in [5, 5.41) is 9.57. The minimum atomic E-state index is -0.424. The van der Waals surface area contributed by atoms with Gasteiger partial charge in [-0.15, -0.1) is 10.2 Å². The summed E-state index contributed by atoms with van der Waals surface area (Å²) < 4.78 is 16.4. The summed E-state index contributed by atoms with van der Waals surface area (Å²) in [6, 6.07) is 12.7. The monoisotopic (exact) mass is 453 g/mol. The Morgan fingerprint density at radius 3 is 2.78 bits per heavy atom. The Morgan fingerprint density at radius 1 is 1.22 bits per heavy atom. The van der Waals surface area contributed by atoms with Crippen molar-refractivity contribution in [1.29, 1.82) is 0 Å². The number of nitrogens with one attached hydrogen (secondary N) is 1. The molecule has 1 N–H and O–H groups in total. The quantitative estimate of drug-likeness (QED) is 0.314. The Bertz CT molecular complexity index is 1280. The fraction of sp³-hybridized carbons (Fsp3) is 0.304. The van der Waals surface area contributed by atoms with Crippen LogP contribution in [-0.4, -0.2) is 37.5 Å². The van der Waals surface area contributed by atoms with Crippen molar-refractivity contribution < 1.29 is 14.0 Å². The Morgan fingerprint density at radius 2 is 2.03 bits per heavy atom. The first-order valence-corrected chi connectivity index (χ1v) is 11.3. The van der Waals surface area contributed by atoms with Crippen LogP contribution in [0.1, 0.15) is 31.4 Å². The van der Waals surface area contributed by atoms with Gasteiger partial charge in [-0.1, -0.05) is 48.5 Å². The van der Waals surface area contributed by atoms with Crippen molar-refractivity contribution in [3.8, 4) is 0 Å². The third kappa shape index (κ3) is 4.44. The molecule has 1 amide bonds. The number of carbonyl (C=O) groups excluding carboxylic acids is 1. The van der Waals surface area contributed by atoms with Crippen LogP contribution in [0, 0.1) is 12.7 Å². The van der Waals surface area contributed by atoms with Crippen molar-refractivity contribution >= 4 is 39.7 Å². The number of halogens is 1. The van der Waals surface area contributed by atoms with E-state index >= 15 is 0 Å². The van der Waals surface area contributed by atoms with Gasteiger partial charge in [0, 0.05) is 10.9 Å². The molecule has 0 saturated carbocycles. The lowest BCUT2D eigenvalue weighted by Gasteiger charge is -2.13. The normalized spacial score (nSPS) is 12.4. The number of rotatable bonds is 8. The summed E-state index contributed by atoms with van der Waals surface area (Å²) >= 11 is 1.23. The largest absolute Gasteiger partial charge is 0.319 e. The predicted molar refractivity (Wildman–Crippen MR) is 123 cm³/mol. The molecule has 2 aromatic carbocycles. The predicted octanol–water partition coefficient (Wildman–Crippen LogP) is 4.41. The van der Waals surface area contributed by atoms with Crippen LogP contribution >= 0.6 is 11.8 Å². The summed E-state index contributed by atoms with van der Waals surface area (Å²) in [5.41, 5.74) is 6.23. The molecule has 2 heterocycles. The zero-order valence-corrected chi connectivity index (χ0v) is 18.9. The zero-order chi connectivity index (χ0) is 22.7. The van der Waals surface area contributed by atoms with E-state index in [1.807, 2.05) is 42.7 Å². The maximum Gasteiger partial charge on any atom is 0.257 e. The molecule has 2 aromatic heterocycles. The maximum absolute atomic E-state index is 14.4. The van der Waals surface area contributed by atoms with E-state index in [1.165, 1.54) is 17.8 Å². The fourth-order valence-electron chi connectivity index (χ4n) is 3.52. The number of hydrogen-bond acceptors (Lipinski definition) is 6. The molecule has 0 saturated heterocycles. The smallest absolute Gasteiger partial charge is 0.257 e. The highest BCUT2D eigenvalue weighted by atomic mass is 32.2. The van der Waals surface area contributed by atoms with E-state index in [1.54, 1.807) is 19.1 Å². The zero-order valence-electron chi connectivity index (χ0n) is 18.1. The summed E-state index contributed by atoms with van der Waals surface area (Å²) in [6.07, 6.45) is 0.572. The van der Waals surface area contributed by atoms with Crippen molar-refractivity contribution in [3.05, 3.63) is 59.4 Å². The highest BCUT2D eigenvalue weighted by Gasteiger charge is 2.22. The van der Waals surface area contributed by atoms with Crippen molar-refractivity contribution in [2.75, 3.05) is 6.61 Å². The van der Waals surface area contributed by atoms with Crippen molar-refractivity contribution in [2.24, 2.45) is 0 Å². The first-order chi connectivity index (χ1) is 15.5. The molecule has 4 aromatic rings. The number of amides is 1. The lowest BCUT2D eigenvalue weighted by molar-refractivity contribution is -0.132. The fourth-order valence-corrected chi connectivity index (χ4v) is 4.32. The summed E-state index contributed by atoms with van der Waals surface area (Å²) in [4.78, 5) is 22.1. The molecular weight excluding hydrogens is 429 g/mol. The Hall–Kier alpha value is -3.04. The average Bonchev–Trinajstić information content (AvgIpc) is 3.09. The minimum absolute atomic E-state index is 0.245. The number of hydrogen-bond donors (Lipinski definition) is 1. The number of aromatic nitrogens is 4. The van der Waals surface area contributed by atoms with Gasteiger partial charge in [-0.3, -0.25) is 9.63 Å². The number of carbonyl (C=O) groups is 1. The van der Waals surface area contributed by atoms with Gasteiger partial charge in [0.25, 0.3) is 5.91 Å². The van der Waals surface area contributed by atoms with E-state index in [0.717, 1.165) is 16.5 Å². The maximum atomic E-state index is 14.4. The number of fused-ring (bicyclic) bond motifs is 3. The molecule has 32 heavy (non-hydrogen) atoms. The number of hydroxylamine groups is 1. The average molecular weight is 454 g/mol. The second-order valence-electron chi connectivity index (χ2n) is 7.38. The van der Waals surface area contributed by atoms with Crippen LogP contribution < -0.4 is 5.48 Å². The third-order valence-electron chi connectivity index (χ3n) is 5.12. The van der Waals surface area contributed by atoms with E-state index in [4.69, 9.17) is 9.82 Å². The molecule has 0 fully saturated rings. The van der Waals surface area contributed by atoms with Crippen LogP contribution in [0.3, 0.4) is 0 Å². The van der Waals surface area contributed by atoms with Gasteiger partial charge in [-0.25, -0.2) is 14.9 Å². The third-order valence-corrected chi connectivity index (χ3v) is 6.33. The van der Waals surface area contributed by atoms with Gasteiger partial charge in [-0.05, 0) is 38.5 Å². The lowest BCUT2D eigenvalue weighted by atomic mass is 10.1. The molecule has 0 radical (unpaired) electrons. The van der Waals surface area contributed by atoms with E-state index in [-0.39, 0.29) is 11.7 Å². The molecular formula is C23H24FN5O2S. The molecule has 0 aliphatic rings.